The van der Waals surface area contributed by atoms with Gasteiger partial charge in [-0.15, -0.1) is 0 Å². The summed E-state index contributed by atoms with van der Waals surface area (Å²) in [5, 5.41) is 2.85. The van der Waals surface area contributed by atoms with Gasteiger partial charge >= 0.3 is 0 Å². The smallest absolute Gasteiger partial charge is 0.246 e. The molecule has 0 aliphatic heterocycles. The lowest BCUT2D eigenvalue weighted by Crippen LogP contribution is -2.23. The monoisotopic (exact) mass is 366 g/mol. The van der Waals surface area contributed by atoms with Crippen molar-refractivity contribution in [3.05, 3.63) is 18.2 Å². The van der Waals surface area contributed by atoms with E-state index in [1.54, 1.807) is 12.1 Å². The van der Waals surface area contributed by atoms with Crippen LogP contribution >= 0.6 is 0 Å². The maximum Gasteiger partial charge on any atom is 0.246 e. The Bertz CT molecular complexity index is 760. The minimum atomic E-state index is -3.65. The van der Waals surface area contributed by atoms with Crippen LogP contribution in [0.25, 0.3) is 0 Å². The summed E-state index contributed by atoms with van der Waals surface area (Å²) in [6, 6.07) is 4.71. The highest BCUT2D eigenvalue weighted by Crippen LogP contribution is 2.49. The molecule has 0 saturated heterocycles. The molecule has 0 unspecified atom stereocenters. The van der Waals surface area contributed by atoms with E-state index in [9.17, 15) is 13.2 Å². The topological polar surface area (TPSA) is 75.7 Å². The second-order valence-corrected chi connectivity index (χ2v) is 9.46. The highest BCUT2D eigenvalue weighted by atomic mass is 32.2. The Morgan fingerprint density at radius 2 is 2.04 bits per heavy atom. The van der Waals surface area contributed by atoms with E-state index in [4.69, 9.17) is 4.74 Å². The number of fused-ring (bicyclic) bond motifs is 2. The molecule has 0 aromatic heterocycles. The van der Waals surface area contributed by atoms with Crippen LogP contribution in [0.4, 0.5) is 5.69 Å². The van der Waals surface area contributed by atoms with Gasteiger partial charge in [0, 0.05) is 26.2 Å². The summed E-state index contributed by atoms with van der Waals surface area (Å²) >= 11 is 0. The summed E-state index contributed by atoms with van der Waals surface area (Å²) < 4.78 is 31.2. The van der Waals surface area contributed by atoms with Crippen LogP contribution in [0.3, 0.4) is 0 Å². The fourth-order valence-electron chi connectivity index (χ4n) is 4.23. The average Bonchev–Trinajstić information content (AvgIpc) is 3.17. The lowest BCUT2D eigenvalue weighted by molar-refractivity contribution is -0.117. The molecule has 2 bridgehead atoms. The van der Waals surface area contributed by atoms with Crippen LogP contribution in [0, 0.1) is 17.8 Å². The van der Waals surface area contributed by atoms with E-state index in [1.807, 2.05) is 0 Å². The van der Waals surface area contributed by atoms with E-state index in [0.717, 1.165) is 16.6 Å². The lowest BCUT2D eigenvalue weighted by atomic mass is 9.86. The number of ether oxygens (including phenoxy) is 1. The normalized spacial score (nSPS) is 25.4. The van der Waals surface area contributed by atoms with Crippen molar-refractivity contribution in [3.63, 3.8) is 0 Å². The number of rotatable bonds is 6. The van der Waals surface area contributed by atoms with E-state index in [2.05, 4.69) is 5.32 Å². The first-order valence-electron chi connectivity index (χ1n) is 8.71. The minimum absolute atomic E-state index is 0.0454. The van der Waals surface area contributed by atoms with Crippen molar-refractivity contribution in [2.24, 2.45) is 17.8 Å². The summed E-state index contributed by atoms with van der Waals surface area (Å²) in [6.07, 6.45) is 5.50. The molecule has 3 rings (SSSR count). The second kappa shape index (κ2) is 6.96. The number of methoxy groups -OCH3 is 1. The van der Waals surface area contributed by atoms with Gasteiger partial charge in [-0.1, -0.05) is 6.42 Å². The van der Waals surface area contributed by atoms with Crippen LogP contribution in [0.5, 0.6) is 5.75 Å². The van der Waals surface area contributed by atoms with Crippen LogP contribution in [0.2, 0.25) is 0 Å². The van der Waals surface area contributed by atoms with E-state index in [-0.39, 0.29) is 16.6 Å². The lowest BCUT2D eigenvalue weighted by Gasteiger charge is -2.21. The predicted molar refractivity (Wildman–Crippen MR) is 96.1 cm³/mol. The van der Waals surface area contributed by atoms with Gasteiger partial charge in [-0.25, -0.2) is 12.7 Å². The molecule has 0 radical (unpaired) electrons. The molecule has 1 aromatic carbocycles. The SMILES string of the molecule is COc1ccc(NC(=O)C[C@H]2C[C@@H]3CC[C@@H]2C3)cc1S(=O)(=O)N(C)C. The molecule has 1 amide bonds. The van der Waals surface area contributed by atoms with Gasteiger partial charge in [0.2, 0.25) is 15.9 Å². The largest absolute Gasteiger partial charge is 0.495 e. The van der Waals surface area contributed by atoms with Gasteiger partial charge in [0.15, 0.2) is 0 Å². The van der Waals surface area contributed by atoms with Gasteiger partial charge in [0.1, 0.15) is 10.6 Å². The first kappa shape index (κ1) is 18.2. The van der Waals surface area contributed by atoms with Gasteiger partial charge in [0.25, 0.3) is 0 Å². The van der Waals surface area contributed by atoms with Gasteiger partial charge in [0.05, 0.1) is 7.11 Å². The van der Waals surface area contributed by atoms with E-state index in [0.29, 0.717) is 23.9 Å². The molecule has 1 aromatic rings. The molecule has 1 N–H and O–H groups in total. The molecule has 138 valence electrons. The molecule has 6 nitrogen and oxygen atoms in total. The highest BCUT2D eigenvalue weighted by molar-refractivity contribution is 7.89. The molecular weight excluding hydrogens is 340 g/mol. The van der Waals surface area contributed by atoms with Crippen LogP contribution in [-0.2, 0) is 14.8 Å². The Labute approximate surface area is 149 Å². The minimum Gasteiger partial charge on any atom is -0.495 e. The fraction of sp³-hybridized carbons (Fsp3) is 0.611. The third-order valence-corrected chi connectivity index (χ3v) is 7.37. The van der Waals surface area contributed by atoms with Crippen molar-refractivity contribution < 1.29 is 17.9 Å². The Morgan fingerprint density at radius 3 is 2.60 bits per heavy atom. The third kappa shape index (κ3) is 3.67. The zero-order chi connectivity index (χ0) is 18.2. The van der Waals surface area contributed by atoms with Crippen LogP contribution in [0.15, 0.2) is 23.1 Å². The molecule has 7 heteroatoms. The van der Waals surface area contributed by atoms with Crippen LogP contribution in [0.1, 0.15) is 32.1 Å². The number of anilines is 1. The first-order valence-corrected chi connectivity index (χ1v) is 10.2. The standard InChI is InChI=1S/C18H26N2O4S/c1-20(2)25(22,23)17-11-15(6-7-16(17)24-3)19-18(21)10-14-9-12-4-5-13(14)8-12/h6-7,11-14H,4-5,8-10H2,1-3H3,(H,19,21)/t12-,13-,14-/m1/s1. The van der Waals surface area contributed by atoms with Crippen LogP contribution < -0.4 is 10.1 Å². The Kier molecular flexibility index (Phi) is 5.06. The molecule has 0 heterocycles. The fourth-order valence-corrected chi connectivity index (χ4v) is 5.30. The number of carbonyl (C=O) groups excluding carboxylic acids is 1. The van der Waals surface area contributed by atoms with Gasteiger partial charge in [-0.3, -0.25) is 4.79 Å². The van der Waals surface area contributed by atoms with Crippen molar-refractivity contribution >= 4 is 21.6 Å². The van der Waals surface area contributed by atoms with Crippen molar-refractivity contribution in [1.82, 2.24) is 4.31 Å². The van der Waals surface area contributed by atoms with Crippen molar-refractivity contribution in [1.29, 1.82) is 0 Å². The van der Waals surface area contributed by atoms with Crippen LogP contribution in [-0.4, -0.2) is 39.8 Å². The number of nitrogens with zero attached hydrogens (tertiary/aromatic N) is 1. The summed E-state index contributed by atoms with van der Waals surface area (Å²) in [6.45, 7) is 0. The molecule has 2 saturated carbocycles. The number of amides is 1. The number of sulfonamides is 1. The second-order valence-electron chi connectivity index (χ2n) is 7.34. The molecule has 2 aliphatic carbocycles. The number of benzene rings is 1. The zero-order valence-electron chi connectivity index (χ0n) is 15.0. The maximum atomic E-state index is 12.4. The predicted octanol–water partition coefficient (Wildman–Crippen LogP) is 2.71. The number of hydrogen-bond donors (Lipinski definition) is 1. The molecule has 2 aliphatic rings. The number of nitrogens with one attached hydrogen (secondary N) is 1. The average molecular weight is 366 g/mol. The summed E-state index contributed by atoms with van der Waals surface area (Å²) in [7, 11) is 0.713. The zero-order valence-corrected chi connectivity index (χ0v) is 15.8. The van der Waals surface area contributed by atoms with Crippen molar-refractivity contribution in [2.75, 3.05) is 26.5 Å². The third-order valence-electron chi connectivity index (χ3n) is 5.54. The Hall–Kier alpha value is -1.60. The summed E-state index contributed by atoms with van der Waals surface area (Å²) in [5.74, 6) is 2.19. The molecule has 2 fully saturated rings. The first-order chi connectivity index (χ1) is 11.8. The molecule has 0 spiro atoms. The maximum absolute atomic E-state index is 12.4. The molecule has 25 heavy (non-hydrogen) atoms. The Morgan fingerprint density at radius 1 is 1.28 bits per heavy atom. The van der Waals surface area contributed by atoms with Gasteiger partial charge in [-0.05, 0) is 55.2 Å². The summed E-state index contributed by atoms with van der Waals surface area (Å²) in [4.78, 5) is 12.4. The van der Waals surface area contributed by atoms with Crippen molar-refractivity contribution in [2.45, 2.75) is 37.0 Å². The van der Waals surface area contributed by atoms with Gasteiger partial charge in [-0.2, -0.15) is 0 Å². The Balaban J connectivity index is 1.73. The number of carbonyl (C=O) groups is 1. The van der Waals surface area contributed by atoms with E-state index in [1.165, 1.54) is 46.5 Å². The van der Waals surface area contributed by atoms with Crippen molar-refractivity contribution in [3.8, 4) is 5.75 Å². The molecular formula is C18H26N2O4S. The quantitative estimate of drug-likeness (QED) is 0.840. The summed E-state index contributed by atoms with van der Waals surface area (Å²) in [5.41, 5.74) is 0.481. The van der Waals surface area contributed by atoms with E-state index >= 15 is 0 Å². The van der Waals surface area contributed by atoms with E-state index < -0.39 is 10.0 Å². The number of hydrogen-bond acceptors (Lipinski definition) is 4. The highest BCUT2D eigenvalue weighted by Gasteiger charge is 2.40. The van der Waals surface area contributed by atoms with Gasteiger partial charge < -0.3 is 10.1 Å². The molecule has 3 atom stereocenters.